The summed E-state index contributed by atoms with van der Waals surface area (Å²) in [5.74, 6) is 9.97. The average Bonchev–Trinajstić information content (AvgIpc) is 2.41. The van der Waals surface area contributed by atoms with Crippen molar-refractivity contribution in [2.24, 2.45) is 0 Å². The van der Waals surface area contributed by atoms with Crippen molar-refractivity contribution in [3.8, 4) is 23.7 Å². The Morgan fingerprint density at radius 2 is 1.76 bits per heavy atom. The molecule has 0 saturated carbocycles. The zero-order valence-electron chi connectivity index (χ0n) is 12.4. The average molecular weight is 286 g/mol. The predicted molar refractivity (Wildman–Crippen MR) is 79.5 cm³/mol. The van der Waals surface area contributed by atoms with Crippen LogP contribution in [0.1, 0.15) is 42.3 Å². The maximum Gasteiger partial charge on any atom is 0.339 e. The smallest absolute Gasteiger partial charge is 0.339 e. The van der Waals surface area contributed by atoms with Crippen LogP contribution in [0.5, 0.6) is 0 Å². The van der Waals surface area contributed by atoms with E-state index in [1.807, 2.05) is 0 Å². The standard InChI is InChI=1S/C17H18O4/c1-17(2,3)21-16(20)15-12-13(6-4-10-18)8-9-14(15)7-5-11-19/h8-9,12,18-19H,10-11H2,1-3H3. The number of hydrogen-bond donors (Lipinski definition) is 2. The molecule has 0 spiro atoms. The van der Waals surface area contributed by atoms with Gasteiger partial charge in [0, 0.05) is 11.1 Å². The lowest BCUT2D eigenvalue weighted by Gasteiger charge is -2.20. The Morgan fingerprint density at radius 3 is 2.33 bits per heavy atom. The minimum Gasteiger partial charge on any atom is -0.456 e. The number of carbonyl (C=O) groups excluding carboxylic acids is 1. The SMILES string of the molecule is CC(C)(C)OC(=O)c1cc(C#CCO)ccc1C#CCO. The molecule has 4 nitrogen and oxygen atoms in total. The van der Waals surface area contributed by atoms with Gasteiger partial charge in [-0.1, -0.05) is 23.7 Å². The van der Waals surface area contributed by atoms with Gasteiger partial charge < -0.3 is 14.9 Å². The van der Waals surface area contributed by atoms with Gasteiger partial charge in [-0.25, -0.2) is 4.79 Å². The van der Waals surface area contributed by atoms with Gasteiger partial charge >= 0.3 is 5.97 Å². The minimum atomic E-state index is -0.620. The second-order valence-electron chi connectivity index (χ2n) is 5.18. The molecule has 2 N–H and O–H groups in total. The van der Waals surface area contributed by atoms with E-state index in [1.54, 1.807) is 39.0 Å². The molecular weight excluding hydrogens is 268 g/mol. The molecule has 0 unspecified atom stereocenters. The topological polar surface area (TPSA) is 66.8 Å². The highest BCUT2D eigenvalue weighted by Crippen LogP contribution is 2.16. The molecule has 0 fully saturated rings. The zero-order chi connectivity index (χ0) is 15.9. The second kappa shape index (κ2) is 7.50. The van der Waals surface area contributed by atoms with Crippen molar-refractivity contribution in [2.75, 3.05) is 13.2 Å². The maximum absolute atomic E-state index is 12.2. The first-order valence-corrected chi connectivity index (χ1v) is 6.44. The van der Waals surface area contributed by atoms with E-state index in [9.17, 15) is 4.79 Å². The normalized spacial score (nSPS) is 9.95. The van der Waals surface area contributed by atoms with E-state index in [0.717, 1.165) is 0 Å². The largest absolute Gasteiger partial charge is 0.456 e. The Kier molecular flexibility index (Phi) is 5.99. The molecule has 0 aliphatic rings. The van der Waals surface area contributed by atoms with Gasteiger partial charge in [0.25, 0.3) is 0 Å². The molecular formula is C17H18O4. The van der Waals surface area contributed by atoms with E-state index < -0.39 is 11.6 Å². The van der Waals surface area contributed by atoms with Crippen molar-refractivity contribution in [3.05, 3.63) is 34.9 Å². The third-order valence-corrected chi connectivity index (χ3v) is 2.25. The number of aliphatic hydroxyl groups excluding tert-OH is 2. The molecule has 0 heterocycles. The van der Waals surface area contributed by atoms with Crippen LogP contribution in [0.4, 0.5) is 0 Å². The number of benzene rings is 1. The van der Waals surface area contributed by atoms with Crippen molar-refractivity contribution in [1.29, 1.82) is 0 Å². The molecule has 110 valence electrons. The van der Waals surface area contributed by atoms with Gasteiger partial charge in [0.1, 0.15) is 18.8 Å². The van der Waals surface area contributed by atoms with Crippen molar-refractivity contribution in [2.45, 2.75) is 26.4 Å². The predicted octanol–water partition coefficient (Wildman–Crippen LogP) is 1.33. The molecule has 0 aliphatic heterocycles. The molecule has 1 aromatic rings. The summed E-state index contributed by atoms with van der Waals surface area (Å²) < 4.78 is 5.34. The van der Waals surface area contributed by atoms with Gasteiger partial charge in [0.05, 0.1) is 5.56 Å². The van der Waals surface area contributed by atoms with E-state index in [4.69, 9.17) is 14.9 Å². The summed E-state index contributed by atoms with van der Waals surface area (Å²) in [6.45, 7) is 4.78. The number of ether oxygens (including phenoxy) is 1. The highest BCUT2D eigenvalue weighted by Gasteiger charge is 2.20. The van der Waals surface area contributed by atoms with Crippen molar-refractivity contribution >= 4 is 5.97 Å². The molecule has 1 rings (SSSR count). The quantitative estimate of drug-likeness (QED) is 0.604. The van der Waals surface area contributed by atoms with Gasteiger partial charge in [0.2, 0.25) is 0 Å². The van der Waals surface area contributed by atoms with E-state index in [1.165, 1.54) is 0 Å². The van der Waals surface area contributed by atoms with Gasteiger partial charge in [-0.05, 0) is 39.0 Å². The Bertz CT molecular complexity index is 631. The number of esters is 1. The van der Waals surface area contributed by atoms with Gasteiger partial charge in [-0.3, -0.25) is 0 Å². The summed E-state index contributed by atoms with van der Waals surface area (Å²) in [5.41, 5.74) is 0.717. The van der Waals surface area contributed by atoms with Crippen molar-refractivity contribution < 1.29 is 19.7 Å². The van der Waals surface area contributed by atoms with Gasteiger partial charge in [-0.15, -0.1) is 0 Å². The Morgan fingerprint density at radius 1 is 1.14 bits per heavy atom. The van der Waals surface area contributed by atoms with Gasteiger partial charge in [0.15, 0.2) is 0 Å². The monoisotopic (exact) mass is 286 g/mol. The lowest BCUT2D eigenvalue weighted by molar-refractivity contribution is 0.00692. The van der Waals surface area contributed by atoms with Crippen LogP contribution in [0.3, 0.4) is 0 Å². The Labute approximate surface area is 124 Å². The van der Waals surface area contributed by atoms with Crippen LogP contribution in [0.2, 0.25) is 0 Å². The van der Waals surface area contributed by atoms with Crippen molar-refractivity contribution in [3.63, 3.8) is 0 Å². The number of aliphatic hydroxyl groups is 2. The van der Waals surface area contributed by atoms with E-state index in [-0.39, 0.29) is 18.8 Å². The summed E-state index contributed by atoms with van der Waals surface area (Å²) in [5, 5.41) is 17.5. The van der Waals surface area contributed by atoms with Crippen LogP contribution in [-0.2, 0) is 4.74 Å². The summed E-state index contributed by atoms with van der Waals surface area (Å²) in [6.07, 6.45) is 0. The van der Waals surface area contributed by atoms with Crippen LogP contribution in [0.15, 0.2) is 18.2 Å². The first-order valence-electron chi connectivity index (χ1n) is 6.44. The molecule has 0 aromatic heterocycles. The summed E-state index contributed by atoms with van der Waals surface area (Å²) in [6, 6.07) is 4.90. The second-order valence-corrected chi connectivity index (χ2v) is 5.18. The highest BCUT2D eigenvalue weighted by molar-refractivity contribution is 5.93. The molecule has 0 amide bonds. The highest BCUT2D eigenvalue weighted by atomic mass is 16.6. The van der Waals surface area contributed by atoms with Gasteiger partial charge in [-0.2, -0.15) is 0 Å². The Balaban J connectivity index is 3.25. The van der Waals surface area contributed by atoms with E-state index >= 15 is 0 Å². The number of rotatable bonds is 1. The summed E-state index contributed by atoms with van der Waals surface area (Å²) >= 11 is 0. The van der Waals surface area contributed by atoms with Crippen LogP contribution in [0, 0.1) is 23.7 Å². The molecule has 0 atom stereocenters. The van der Waals surface area contributed by atoms with E-state index in [0.29, 0.717) is 11.1 Å². The number of carbonyl (C=O) groups is 1. The third kappa shape index (κ3) is 5.71. The zero-order valence-corrected chi connectivity index (χ0v) is 12.4. The van der Waals surface area contributed by atoms with E-state index in [2.05, 4.69) is 23.7 Å². The molecule has 0 radical (unpaired) electrons. The fourth-order valence-corrected chi connectivity index (χ4v) is 1.51. The van der Waals surface area contributed by atoms with Crippen LogP contribution >= 0.6 is 0 Å². The molecule has 1 aromatic carbocycles. The maximum atomic E-state index is 12.2. The van der Waals surface area contributed by atoms with Crippen molar-refractivity contribution in [1.82, 2.24) is 0 Å². The third-order valence-electron chi connectivity index (χ3n) is 2.25. The fourth-order valence-electron chi connectivity index (χ4n) is 1.51. The number of hydrogen-bond acceptors (Lipinski definition) is 4. The Hall–Kier alpha value is -2.27. The summed E-state index contributed by atoms with van der Waals surface area (Å²) in [7, 11) is 0. The molecule has 21 heavy (non-hydrogen) atoms. The van der Waals surface area contributed by atoms with Crippen LogP contribution in [-0.4, -0.2) is 35.0 Å². The molecule has 0 saturated heterocycles. The fraction of sp³-hybridized carbons (Fsp3) is 0.353. The first kappa shape index (κ1) is 16.8. The summed E-state index contributed by atoms with van der Waals surface area (Å²) in [4.78, 5) is 12.2. The molecule has 4 heteroatoms. The lowest BCUT2D eigenvalue weighted by Crippen LogP contribution is -2.24. The molecule has 0 aliphatic carbocycles. The first-order chi connectivity index (χ1) is 9.87. The van der Waals surface area contributed by atoms with Crippen LogP contribution in [0.25, 0.3) is 0 Å². The minimum absolute atomic E-state index is 0.256. The van der Waals surface area contributed by atoms with Crippen LogP contribution < -0.4 is 0 Å². The molecule has 0 bridgehead atoms. The lowest BCUT2D eigenvalue weighted by atomic mass is 10.0.